The topological polar surface area (TPSA) is 15.3 Å². The Bertz CT molecular complexity index is 87.1. The molecule has 2 nitrogen and oxygen atoms in total. The summed E-state index contributed by atoms with van der Waals surface area (Å²) in [5.74, 6) is 0. The van der Waals surface area contributed by atoms with E-state index in [2.05, 4.69) is 39.9 Å². The smallest absolute Gasteiger partial charge is 0.0632 e. The van der Waals surface area contributed by atoms with Gasteiger partial charge in [-0.1, -0.05) is 22.6 Å². The van der Waals surface area contributed by atoms with Crippen LogP contribution in [0, 0.1) is 0 Å². The van der Waals surface area contributed by atoms with Gasteiger partial charge in [0.2, 0.25) is 0 Å². The summed E-state index contributed by atoms with van der Waals surface area (Å²) >= 11 is 2.48. The fourth-order valence-corrected chi connectivity index (χ4v) is 2.00. The molecule has 1 rings (SSSR count). The molecule has 2 atom stereocenters. The Morgan fingerprint density at radius 1 is 1.67 bits per heavy atom. The van der Waals surface area contributed by atoms with Crippen molar-refractivity contribution in [3.63, 3.8) is 0 Å². The summed E-state index contributed by atoms with van der Waals surface area (Å²) < 4.78 is 0.736. The van der Waals surface area contributed by atoms with E-state index in [1.165, 1.54) is 13.0 Å². The molecule has 3 heteroatoms. The van der Waals surface area contributed by atoms with E-state index in [0.29, 0.717) is 0 Å². The van der Waals surface area contributed by atoms with Gasteiger partial charge in [0.25, 0.3) is 0 Å². The highest BCUT2D eigenvalue weighted by Gasteiger charge is 2.25. The zero-order valence-corrected chi connectivity index (χ0v) is 8.05. The van der Waals surface area contributed by atoms with Gasteiger partial charge in [0.15, 0.2) is 0 Å². The van der Waals surface area contributed by atoms with Gasteiger partial charge in [0, 0.05) is 12.6 Å². The van der Waals surface area contributed by atoms with Crippen LogP contribution in [0.5, 0.6) is 0 Å². The van der Waals surface area contributed by atoms with Gasteiger partial charge in [-0.15, -0.1) is 0 Å². The van der Waals surface area contributed by atoms with Crippen LogP contribution in [0.15, 0.2) is 0 Å². The lowest BCUT2D eigenvalue weighted by atomic mass is 10.3. The van der Waals surface area contributed by atoms with E-state index in [1.54, 1.807) is 0 Å². The maximum atomic E-state index is 3.28. The predicted octanol–water partition coefficient (Wildman–Crippen LogP) is 0.671. The molecule has 54 valence electrons. The van der Waals surface area contributed by atoms with Crippen LogP contribution >= 0.6 is 22.6 Å². The SMILES string of the molecule is CNC1CC(I)N(C)C1. The third-order valence-corrected chi connectivity index (χ3v) is 3.33. The Labute approximate surface area is 70.1 Å². The summed E-state index contributed by atoms with van der Waals surface area (Å²) in [5.41, 5.74) is 0. The fourth-order valence-electron chi connectivity index (χ4n) is 1.16. The summed E-state index contributed by atoms with van der Waals surface area (Å²) in [6.07, 6.45) is 1.29. The lowest BCUT2D eigenvalue weighted by Gasteiger charge is -2.10. The fraction of sp³-hybridized carbons (Fsp3) is 1.00. The molecule has 1 fully saturated rings. The highest BCUT2D eigenvalue weighted by Crippen LogP contribution is 2.20. The van der Waals surface area contributed by atoms with Gasteiger partial charge in [-0.3, -0.25) is 4.90 Å². The number of nitrogens with one attached hydrogen (secondary N) is 1. The maximum Gasteiger partial charge on any atom is 0.0632 e. The van der Waals surface area contributed by atoms with Crippen molar-refractivity contribution >= 4 is 22.6 Å². The van der Waals surface area contributed by atoms with Crippen LogP contribution in [0.2, 0.25) is 0 Å². The van der Waals surface area contributed by atoms with Crippen molar-refractivity contribution in [1.29, 1.82) is 0 Å². The van der Waals surface area contributed by atoms with Crippen LogP contribution in [-0.4, -0.2) is 35.6 Å². The van der Waals surface area contributed by atoms with E-state index in [1.807, 2.05) is 7.05 Å². The minimum atomic E-state index is 0.719. The number of nitrogens with zero attached hydrogens (tertiary/aromatic N) is 1. The van der Waals surface area contributed by atoms with Gasteiger partial charge in [-0.05, 0) is 20.5 Å². The Morgan fingerprint density at radius 2 is 2.33 bits per heavy atom. The molecule has 0 bridgehead atoms. The van der Waals surface area contributed by atoms with Crippen molar-refractivity contribution in [1.82, 2.24) is 10.2 Å². The number of hydrogen-bond acceptors (Lipinski definition) is 2. The van der Waals surface area contributed by atoms with Crippen molar-refractivity contribution < 1.29 is 0 Å². The Kier molecular flexibility index (Phi) is 2.73. The number of likely N-dealkylation sites (tertiary alicyclic amines) is 1. The van der Waals surface area contributed by atoms with Gasteiger partial charge < -0.3 is 5.32 Å². The van der Waals surface area contributed by atoms with E-state index < -0.39 is 0 Å². The first-order chi connectivity index (χ1) is 4.24. The number of alkyl halides is 1. The predicted molar refractivity (Wildman–Crippen MR) is 47.9 cm³/mol. The summed E-state index contributed by atoms with van der Waals surface area (Å²) in [6.45, 7) is 1.20. The van der Waals surface area contributed by atoms with Gasteiger partial charge in [0.1, 0.15) is 0 Å². The van der Waals surface area contributed by atoms with Gasteiger partial charge in [-0.25, -0.2) is 0 Å². The zero-order valence-electron chi connectivity index (χ0n) is 5.89. The quantitative estimate of drug-likeness (QED) is 0.411. The molecule has 0 radical (unpaired) electrons. The molecule has 1 aliphatic rings. The monoisotopic (exact) mass is 240 g/mol. The number of likely N-dealkylation sites (N-methyl/N-ethyl adjacent to an activating group) is 2. The third kappa shape index (κ3) is 1.78. The van der Waals surface area contributed by atoms with Crippen molar-refractivity contribution in [3.8, 4) is 0 Å². The maximum absolute atomic E-state index is 3.28. The van der Waals surface area contributed by atoms with E-state index in [0.717, 1.165) is 10.1 Å². The average molecular weight is 240 g/mol. The van der Waals surface area contributed by atoms with Crippen LogP contribution in [0.3, 0.4) is 0 Å². The highest BCUT2D eigenvalue weighted by atomic mass is 127. The molecule has 0 saturated carbocycles. The summed E-state index contributed by atoms with van der Waals surface area (Å²) in [5, 5.41) is 3.28. The molecule has 0 amide bonds. The summed E-state index contributed by atoms with van der Waals surface area (Å²) in [4.78, 5) is 2.38. The Hall–Kier alpha value is 0.650. The normalized spacial score (nSPS) is 37.7. The van der Waals surface area contributed by atoms with Crippen molar-refractivity contribution in [2.75, 3.05) is 20.6 Å². The minimum absolute atomic E-state index is 0.719. The van der Waals surface area contributed by atoms with Gasteiger partial charge in [-0.2, -0.15) is 0 Å². The van der Waals surface area contributed by atoms with E-state index in [9.17, 15) is 0 Å². The summed E-state index contributed by atoms with van der Waals surface area (Å²) in [7, 11) is 4.21. The third-order valence-electron chi connectivity index (χ3n) is 1.87. The molecule has 1 heterocycles. The highest BCUT2D eigenvalue weighted by molar-refractivity contribution is 14.1. The number of halogens is 1. The molecule has 0 aromatic rings. The van der Waals surface area contributed by atoms with Crippen LogP contribution in [0.4, 0.5) is 0 Å². The second-order valence-corrected chi connectivity index (χ2v) is 4.03. The number of rotatable bonds is 1. The van der Waals surface area contributed by atoms with Crippen LogP contribution in [0.1, 0.15) is 6.42 Å². The van der Waals surface area contributed by atoms with Crippen molar-refractivity contribution in [3.05, 3.63) is 0 Å². The van der Waals surface area contributed by atoms with Crippen molar-refractivity contribution in [2.24, 2.45) is 0 Å². The second kappa shape index (κ2) is 3.16. The van der Waals surface area contributed by atoms with Crippen LogP contribution in [0.25, 0.3) is 0 Å². The molecule has 1 N–H and O–H groups in total. The minimum Gasteiger partial charge on any atom is -0.316 e. The largest absolute Gasteiger partial charge is 0.316 e. The molecule has 2 unspecified atom stereocenters. The average Bonchev–Trinajstić information content (AvgIpc) is 2.13. The molecule has 9 heavy (non-hydrogen) atoms. The Balaban J connectivity index is 2.35. The van der Waals surface area contributed by atoms with E-state index >= 15 is 0 Å². The molecule has 1 saturated heterocycles. The first-order valence-electron chi connectivity index (χ1n) is 3.25. The number of hydrogen-bond donors (Lipinski definition) is 1. The van der Waals surface area contributed by atoms with Gasteiger partial charge in [0.05, 0.1) is 4.05 Å². The van der Waals surface area contributed by atoms with E-state index in [4.69, 9.17) is 0 Å². The van der Waals surface area contributed by atoms with Crippen molar-refractivity contribution in [2.45, 2.75) is 16.5 Å². The standard InChI is InChI=1S/C6H13IN2/c1-8-5-3-6(7)9(2)4-5/h5-6,8H,3-4H2,1-2H3. The molecule has 0 aromatic heterocycles. The van der Waals surface area contributed by atoms with Crippen LogP contribution in [-0.2, 0) is 0 Å². The molecular weight excluding hydrogens is 227 g/mol. The summed E-state index contributed by atoms with van der Waals surface area (Å²) in [6, 6.07) is 0.719. The zero-order chi connectivity index (χ0) is 6.85. The first-order valence-corrected chi connectivity index (χ1v) is 4.50. The molecule has 0 aromatic carbocycles. The molecule has 0 aliphatic carbocycles. The first kappa shape index (κ1) is 7.75. The molecule has 0 spiro atoms. The van der Waals surface area contributed by atoms with E-state index in [-0.39, 0.29) is 0 Å². The lowest BCUT2D eigenvalue weighted by Crippen LogP contribution is -2.27. The second-order valence-electron chi connectivity index (χ2n) is 2.60. The molecule has 1 aliphatic heterocycles. The molecular formula is C6H13IN2. The Morgan fingerprint density at radius 3 is 2.56 bits per heavy atom. The van der Waals surface area contributed by atoms with Gasteiger partial charge >= 0.3 is 0 Å². The van der Waals surface area contributed by atoms with Crippen LogP contribution < -0.4 is 5.32 Å². The lowest BCUT2D eigenvalue weighted by molar-refractivity contribution is 0.392.